The Bertz CT molecular complexity index is 829. The molecule has 0 bridgehead atoms. The first-order chi connectivity index (χ1) is 11.9. The molecular weight excluding hydrogens is 344 g/mol. The second-order valence-corrected chi connectivity index (χ2v) is 10.5. The maximum Gasteiger partial charge on any atom is 0.154 e. The summed E-state index contributed by atoms with van der Waals surface area (Å²) >= 11 is 3.66. The van der Waals surface area contributed by atoms with E-state index in [0.717, 1.165) is 23.8 Å². The average molecular weight is 371 g/mol. The lowest BCUT2D eigenvalue weighted by atomic mass is 9.78. The van der Waals surface area contributed by atoms with Crippen LogP contribution in [0.4, 0.5) is 0 Å². The number of amidine groups is 1. The summed E-state index contributed by atoms with van der Waals surface area (Å²) in [5, 5.41) is 0.765. The molecule has 2 aromatic rings. The van der Waals surface area contributed by atoms with Crippen molar-refractivity contribution in [2.75, 3.05) is 5.75 Å². The van der Waals surface area contributed by atoms with Gasteiger partial charge in [0.2, 0.25) is 0 Å². The number of aryl methyl sites for hydroxylation is 1. The molecule has 2 nitrogen and oxygen atoms in total. The Balaban J connectivity index is 1.78. The van der Waals surface area contributed by atoms with Crippen molar-refractivity contribution in [1.29, 1.82) is 0 Å². The zero-order valence-corrected chi connectivity index (χ0v) is 16.9. The highest BCUT2D eigenvalue weighted by Crippen LogP contribution is 2.49. The van der Waals surface area contributed by atoms with Crippen molar-refractivity contribution in [2.24, 2.45) is 10.7 Å². The third-order valence-corrected chi connectivity index (χ3v) is 7.45. The Morgan fingerprint density at radius 2 is 2.00 bits per heavy atom. The Morgan fingerprint density at radius 3 is 2.76 bits per heavy atom. The molecule has 2 heterocycles. The maximum atomic E-state index is 6.10. The van der Waals surface area contributed by atoms with Crippen LogP contribution in [0.25, 0.3) is 10.4 Å². The van der Waals surface area contributed by atoms with Crippen molar-refractivity contribution in [3.8, 4) is 10.4 Å². The number of rotatable bonds is 1. The fourth-order valence-electron chi connectivity index (χ4n) is 3.96. The molecule has 1 aromatic carbocycles. The van der Waals surface area contributed by atoms with Crippen LogP contribution < -0.4 is 5.73 Å². The number of benzene rings is 1. The lowest BCUT2D eigenvalue weighted by molar-refractivity contribution is 0.368. The van der Waals surface area contributed by atoms with Gasteiger partial charge in [0.1, 0.15) is 0 Å². The Labute approximate surface area is 158 Å². The van der Waals surface area contributed by atoms with Crippen molar-refractivity contribution >= 4 is 28.3 Å². The quantitative estimate of drug-likeness (QED) is 0.699. The minimum absolute atomic E-state index is 0.0562. The third-order valence-electron chi connectivity index (χ3n) is 5.41. The summed E-state index contributed by atoms with van der Waals surface area (Å²) in [7, 11) is 0. The van der Waals surface area contributed by atoms with Gasteiger partial charge in [-0.1, -0.05) is 50.7 Å². The first kappa shape index (κ1) is 17.2. The average Bonchev–Trinajstić information content (AvgIpc) is 3.00. The van der Waals surface area contributed by atoms with E-state index in [1.165, 1.54) is 39.3 Å². The van der Waals surface area contributed by atoms with Crippen molar-refractivity contribution in [3.63, 3.8) is 0 Å². The van der Waals surface area contributed by atoms with E-state index in [4.69, 9.17) is 10.7 Å². The Morgan fingerprint density at radius 1 is 1.16 bits per heavy atom. The Hall–Kier alpha value is -1.26. The number of thiophene rings is 1. The zero-order chi connectivity index (χ0) is 17.7. The monoisotopic (exact) mass is 370 g/mol. The first-order valence-electron chi connectivity index (χ1n) is 9.10. The van der Waals surface area contributed by atoms with Gasteiger partial charge in [-0.3, -0.25) is 4.99 Å². The topological polar surface area (TPSA) is 38.4 Å². The summed E-state index contributed by atoms with van der Waals surface area (Å²) in [4.78, 5) is 7.84. The smallest absolute Gasteiger partial charge is 0.154 e. The highest BCUT2D eigenvalue weighted by atomic mass is 32.2. The molecule has 0 saturated heterocycles. The van der Waals surface area contributed by atoms with Crippen LogP contribution in [0, 0.1) is 0 Å². The minimum Gasteiger partial charge on any atom is -0.379 e. The van der Waals surface area contributed by atoms with E-state index >= 15 is 0 Å². The molecule has 1 atom stereocenters. The largest absolute Gasteiger partial charge is 0.379 e. The number of hydrogen-bond donors (Lipinski definition) is 1. The second-order valence-electron chi connectivity index (χ2n) is 8.21. The van der Waals surface area contributed by atoms with E-state index in [0.29, 0.717) is 0 Å². The molecule has 0 radical (unpaired) electrons. The Kier molecular flexibility index (Phi) is 4.24. The summed E-state index contributed by atoms with van der Waals surface area (Å²) < 4.78 is 0. The van der Waals surface area contributed by atoms with Crippen LogP contribution in [0.15, 0.2) is 35.3 Å². The van der Waals surface area contributed by atoms with Crippen molar-refractivity contribution in [2.45, 2.75) is 57.4 Å². The molecule has 1 aliphatic carbocycles. The van der Waals surface area contributed by atoms with Crippen LogP contribution in [0.2, 0.25) is 0 Å². The van der Waals surface area contributed by atoms with Gasteiger partial charge in [0, 0.05) is 15.5 Å². The highest BCUT2D eigenvalue weighted by Gasteiger charge is 2.39. The van der Waals surface area contributed by atoms with Gasteiger partial charge in [-0.2, -0.15) is 0 Å². The number of nitrogens with zero attached hydrogens (tertiary/aromatic N) is 1. The molecule has 2 aliphatic rings. The molecule has 2 N–H and O–H groups in total. The number of thioether (sulfide) groups is 1. The van der Waals surface area contributed by atoms with Crippen LogP contribution in [-0.2, 0) is 17.4 Å². The van der Waals surface area contributed by atoms with Gasteiger partial charge in [-0.25, -0.2) is 0 Å². The number of nitrogens with two attached hydrogens (primary N) is 1. The molecule has 1 spiro atoms. The molecule has 0 saturated carbocycles. The van der Waals surface area contributed by atoms with E-state index in [2.05, 4.69) is 51.1 Å². The molecule has 0 fully saturated rings. The molecule has 4 heteroatoms. The normalized spacial score (nSPS) is 23.4. The lowest BCUT2D eigenvalue weighted by Gasteiger charge is -2.36. The summed E-state index contributed by atoms with van der Waals surface area (Å²) in [5.41, 5.74) is 10.4. The fraction of sp³-hybridized carbons (Fsp3) is 0.476. The summed E-state index contributed by atoms with van der Waals surface area (Å²) in [6.07, 6.45) is 4.66. The van der Waals surface area contributed by atoms with Crippen LogP contribution in [0.1, 0.15) is 56.0 Å². The summed E-state index contributed by atoms with van der Waals surface area (Å²) in [5.74, 6) is 1.08. The molecule has 25 heavy (non-hydrogen) atoms. The van der Waals surface area contributed by atoms with Gasteiger partial charge < -0.3 is 5.73 Å². The molecule has 132 valence electrons. The van der Waals surface area contributed by atoms with Gasteiger partial charge in [0.15, 0.2) is 5.17 Å². The van der Waals surface area contributed by atoms with Gasteiger partial charge >= 0.3 is 0 Å². The van der Waals surface area contributed by atoms with Crippen molar-refractivity contribution in [3.05, 3.63) is 46.3 Å². The second kappa shape index (κ2) is 6.17. The number of fused-ring (bicyclic) bond motifs is 2. The summed E-state index contributed by atoms with van der Waals surface area (Å²) in [6.45, 7) is 6.83. The lowest BCUT2D eigenvalue weighted by Crippen LogP contribution is -2.34. The standard InChI is InChI=1S/C21H26N2S2/c1-20(2,3)15-7-4-6-14(12-15)18-13-16-17(25-18)8-5-9-21(16)10-11-24-19(22)23-21/h4,6-7,12-13H,5,8-11H2,1-3H3,(H2,22,23). The van der Waals surface area contributed by atoms with Crippen LogP contribution in [0.5, 0.6) is 0 Å². The third kappa shape index (κ3) is 3.15. The van der Waals surface area contributed by atoms with Crippen molar-refractivity contribution in [1.82, 2.24) is 0 Å². The number of hydrogen-bond acceptors (Lipinski definition) is 4. The fourth-order valence-corrected chi connectivity index (χ4v) is 6.15. The predicted octanol–water partition coefficient (Wildman–Crippen LogP) is 5.70. The van der Waals surface area contributed by atoms with Gasteiger partial charge in [0.05, 0.1) is 5.54 Å². The minimum atomic E-state index is -0.0562. The van der Waals surface area contributed by atoms with Gasteiger partial charge in [-0.05, 0) is 59.9 Å². The molecule has 1 unspecified atom stereocenters. The van der Waals surface area contributed by atoms with Gasteiger partial charge in [0.25, 0.3) is 0 Å². The van der Waals surface area contributed by atoms with E-state index < -0.39 is 0 Å². The molecule has 1 aliphatic heterocycles. The van der Waals surface area contributed by atoms with Crippen LogP contribution in [-0.4, -0.2) is 10.9 Å². The predicted molar refractivity (Wildman–Crippen MR) is 112 cm³/mol. The van der Waals surface area contributed by atoms with E-state index in [1.54, 1.807) is 11.8 Å². The van der Waals surface area contributed by atoms with E-state index in [-0.39, 0.29) is 11.0 Å². The van der Waals surface area contributed by atoms with E-state index in [9.17, 15) is 0 Å². The molecule has 4 rings (SSSR count). The SMILES string of the molecule is CC(C)(C)c1cccc(-c2cc3c(s2)CCCC32CCSC(N)=N2)c1. The highest BCUT2D eigenvalue weighted by molar-refractivity contribution is 8.13. The summed E-state index contributed by atoms with van der Waals surface area (Å²) in [6, 6.07) is 11.4. The van der Waals surface area contributed by atoms with Gasteiger partial charge in [-0.15, -0.1) is 11.3 Å². The maximum absolute atomic E-state index is 6.10. The zero-order valence-electron chi connectivity index (χ0n) is 15.3. The van der Waals surface area contributed by atoms with Crippen molar-refractivity contribution < 1.29 is 0 Å². The van der Waals surface area contributed by atoms with E-state index in [1.807, 2.05) is 11.3 Å². The van der Waals surface area contributed by atoms with Crippen LogP contribution >= 0.6 is 23.1 Å². The number of aliphatic imine (C=N–C) groups is 1. The first-order valence-corrected chi connectivity index (χ1v) is 10.9. The molecular formula is C21H26N2S2. The molecule has 1 aromatic heterocycles. The van der Waals surface area contributed by atoms with Crippen LogP contribution in [0.3, 0.4) is 0 Å². The molecule has 0 amide bonds.